The van der Waals surface area contributed by atoms with Gasteiger partial charge in [0.1, 0.15) is 0 Å². The van der Waals surface area contributed by atoms with Crippen LogP contribution in [0.15, 0.2) is 41.4 Å². The molecule has 1 heterocycles. The first kappa shape index (κ1) is 11.0. The van der Waals surface area contributed by atoms with Crippen LogP contribution in [0.1, 0.15) is 0 Å². The molecule has 2 rings (SSSR count). The lowest BCUT2D eigenvalue weighted by Gasteiger charge is -2.09. The largest absolute Gasteiger partial charge is 0.397 e. The first-order valence-corrected chi connectivity index (χ1v) is 5.79. The number of rotatable bonds is 4. The lowest BCUT2D eigenvalue weighted by Crippen LogP contribution is -2.10. The first-order chi connectivity index (χ1) is 7.75. The average molecular weight is 281 g/mol. The zero-order valence-electron chi connectivity index (χ0n) is 8.73. The number of hydrogen-bond donors (Lipinski definition) is 2. The number of hydrogen-bond acceptors (Lipinski definition) is 3. The highest BCUT2D eigenvalue weighted by atomic mass is 79.9. The highest BCUT2D eigenvalue weighted by molar-refractivity contribution is 9.10. The summed E-state index contributed by atoms with van der Waals surface area (Å²) in [6.07, 6.45) is 5.51. The van der Waals surface area contributed by atoms with E-state index in [1.165, 1.54) is 0 Å². The van der Waals surface area contributed by atoms with E-state index in [9.17, 15) is 0 Å². The van der Waals surface area contributed by atoms with E-state index in [4.69, 9.17) is 5.73 Å². The van der Waals surface area contributed by atoms with Crippen molar-refractivity contribution in [2.45, 2.75) is 6.54 Å². The van der Waals surface area contributed by atoms with Crippen LogP contribution < -0.4 is 11.1 Å². The van der Waals surface area contributed by atoms with E-state index in [1.54, 1.807) is 12.5 Å². The van der Waals surface area contributed by atoms with Gasteiger partial charge < -0.3 is 15.6 Å². The summed E-state index contributed by atoms with van der Waals surface area (Å²) in [6, 6.07) is 5.78. The fraction of sp³-hybridized carbons (Fsp3) is 0.182. The number of imidazole rings is 1. The van der Waals surface area contributed by atoms with Crippen molar-refractivity contribution in [3.05, 3.63) is 41.4 Å². The second kappa shape index (κ2) is 5.03. The summed E-state index contributed by atoms with van der Waals surface area (Å²) in [5, 5.41) is 3.29. The summed E-state index contributed by atoms with van der Waals surface area (Å²) < 4.78 is 3.04. The van der Waals surface area contributed by atoms with Crippen molar-refractivity contribution in [3.8, 4) is 0 Å². The van der Waals surface area contributed by atoms with Crippen LogP contribution in [0.5, 0.6) is 0 Å². The van der Waals surface area contributed by atoms with Gasteiger partial charge >= 0.3 is 0 Å². The molecule has 1 aromatic heterocycles. The Balaban J connectivity index is 1.92. The van der Waals surface area contributed by atoms with Gasteiger partial charge in [-0.3, -0.25) is 0 Å². The Hall–Kier alpha value is -1.49. The molecule has 0 atom stereocenters. The zero-order chi connectivity index (χ0) is 11.4. The molecule has 4 nitrogen and oxygen atoms in total. The average Bonchev–Trinajstić information content (AvgIpc) is 2.76. The fourth-order valence-electron chi connectivity index (χ4n) is 1.42. The van der Waals surface area contributed by atoms with Crippen molar-refractivity contribution in [2.24, 2.45) is 0 Å². The number of nitrogens with one attached hydrogen (secondary N) is 1. The van der Waals surface area contributed by atoms with Crippen LogP contribution in [0.3, 0.4) is 0 Å². The molecule has 0 bridgehead atoms. The molecule has 5 heteroatoms. The van der Waals surface area contributed by atoms with E-state index in [0.29, 0.717) is 0 Å². The first-order valence-electron chi connectivity index (χ1n) is 5.00. The minimum Gasteiger partial charge on any atom is -0.397 e. The predicted octanol–water partition coefficient (Wildman–Crippen LogP) is 2.34. The smallest absolute Gasteiger partial charge is 0.0946 e. The molecule has 0 fully saturated rings. The van der Waals surface area contributed by atoms with E-state index < -0.39 is 0 Å². The topological polar surface area (TPSA) is 55.9 Å². The van der Waals surface area contributed by atoms with Gasteiger partial charge in [0.25, 0.3) is 0 Å². The lowest BCUT2D eigenvalue weighted by atomic mass is 10.2. The van der Waals surface area contributed by atoms with Gasteiger partial charge in [0.2, 0.25) is 0 Å². The number of anilines is 2. The third-order valence-electron chi connectivity index (χ3n) is 2.26. The molecule has 0 spiro atoms. The zero-order valence-corrected chi connectivity index (χ0v) is 10.3. The van der Waals surface area contributed by atoms with E-state index in [2.05, 4.69) is 26.2 Å². The van der Waals surface area contributed by atoms with Gasteiger partial charge in [-0.2, -0.15) is 0 Å². The molecule has 0 unspecified atom stereocenters. The van der Waals surface area contributed by atoms with Crippen molar-refractivity contribution in [1.82, 2.24) is 9.55 Å². The second-order valence-corrected chi connectivity index (χ2v) is 4.37. The van der Waals surface area contributed by atoms with Gasteiger partial charge in [-0.05, 0) is 18.2 Å². The third-order valence-corrected chi connectivity index (χ3v) is 2.75. The molecule has 0 radical (unpaired) electrons. The molecule has 3 N–H and O–H groups in total. The van der Waals surface area contributed by atoms with E-state index in [0.717, 1.165) is 28.9 Å². The molecule has 0 saturated heterocycles. The number of nitrogens with zero attached hydrogens (tertiary/aromatic N) is 2. The van der Waals surface area contributed by atoms with Crippen molar-refractivity contribution in [1.29, 1.82) is 0 Å². The van der Waals surface area contributed by atoms with Gasteiger partial charge in [0, 0.05) is 30.0 Å². The SMILES string of the molecule is Nc1ccc(Br)cc1NCCn1ccnc1. The molecule has 1 aromatic carbocycles. The molecule has 0 saturated carbocycles. The monoisotopic (exact) mass is 280 g/mol. The van der Waals surface area contributed by atoms with Crippen LogP contribution >= 0.6 is 15.9 Å². The van der Waals surface area contributed by atoms with Crippen molar-refractivity contribution in [3.63, 3.8) is 0 Å². The Morgan fingerprint density at radius 1 is 1.44 bits per heavy atom. The summed E-state index contributed by atoms with van der Waals surface area (Å²) in [5.74, 6) is 0. The van der Waals surface area contributed by atoms with Crippen LogP contribution in [-0.2, 0) is 6.54 Å². The quantitative estimate of drug-likeness (QED) is 0.846. The Labute approximate surface area is 103 Å². The van der Waals surface area contributed by atoms with Crippen LogP contribution in [-0.4, -0.2) is 16.1 Å². The Morgan fingerprint density at radius 2 is 2.31 bits per heavy atom. The van der Waals surface area contributed by atoms with E-state index >= 15 is 0 Å². The summed E-state index contributed by atoms with van der Waals surface area (Å²) in [4.78, 5) is 3.98. The summed E-state index contributed by atoms with van der Waals surface area (Å²) >= 11 is 3.42. The van der Waals surface area contributed by atoms with Crippen molar-refractivity contribution >= 4 is 27.3 Å². The maximum atomic E-state index is 5.85. The highest BCUT2D eigenvalue weighted by Gasteiger charge is 1.98. The van der Waals surface area contributed by atoms with Crippen molar-refractivity contribution in [2.75, 3.05) is 17.6 Å². The molecular formula is C11H13BrN4. The Morgan fingerprint density at radius 3 is 3.06 bits per heavy atom. The van der Waals surface area contributed by atoms with Gasteiger partial charge in [0.05, 0.1) is 17.7 Å². The second-order valence-electron chi connectivity index (χ2n) is 3.46. The number of halogens is 1. The Kier molecular flexibility index (Phi) is 3.46. The summed E-state index contributed by atoms with van der Waals surface area (Å²) in [5.41, 5.74) is 7.56. The fourth-order valence-corrected chi connectivity index (χ4v) is 1.78. The van der Waals surface area contributed by atoms with E-state index in [1.807, 2.05) is 29.0 Å². The van der Waals surface area contributed by atoms with Crippen LogP contribution in [0.25, 0.3) is 0 Å². The van der Waals surface area contributed by atoms with E-state index in [-0.39, 0.29) is 0 Å². The summed E-state index contributed by atoms with van der Waals surface area (Å²) in [7, 11) is 0. The molecule has 0 amide bonds. The Bertz CT molecular complexity index is 453. The van der Waals surface area contributed by atoms with Crippen LogP contribution in [0.4, 0.5) is 11.4 Å². The molecule has 2 aromatic rings. The normalized spacial score (nSPS) is 10.3. The van der Waals surface area contributed by atoms with Gasteiger partial charge in [-0.25, -0.2) is 4.98 Å². The van der Waals surface area contributed by atoms with Gasteiger partial charge in [-0.15, -0.1) is 0 Å². The molecule has 84 valence electrons. The maximum absolute atomic E-state index is 5.85. The van der Waals surface area contributed by atoms with Crippen LogP contribution in [0, 0.1) is 0 Å². The van der Waals surface area contributed by atoms with Crippen LogP contribution in [0.2, 0.25) is 0 Å². The van der Waals surface area contributed by atoms with Crippen molar-refractivity contribution < 1.29 is 0 Å². The standard InChI is InChI=1S/C11H13BrN4/c12-9-1-2-10(13)11(7-9)15-4-6-16-5-3-14-8-16/h1-3,5,7-8,15H,4,6,13H2. The third kappa shape index (κ3) is 2.76. The highest BCUT2D eigenvalue weighted by Crippen LogP contribution is 2.22. The lowest BCUT2D eigenvalue weighted by molar-refractivity contribution is 0.727. The number of aromatic nitrogens is 2. The number of nitrogen functional groups attached to an aromatic ring is 1. The maximum Gasteiger partial charge on any atom is 0.0946 e. The number of nitrogens with two attached hydrogens (primary N) is 1. The van der Waals surface area contributed by atoms with Gasteiger partial charge in [-0.1, -0.05) is 15.9 Å². The molecule has 0 aliphatic heterocycles. The molecule has 16 heavy (non-hydrogen) atoms. The minimum atomic E-state index is 0.758. The number of benzene rings is 1. The summed E-state index contributed by atoms with van der Waals surface area (Å²) in [6.45, 7) is 1.68. The predicted molar refractivity (Wildman–Crippen MR) is 69.3 cm³/mol. The molecule has 0 aliphatic carbocycles. The van der Waals surface area contributed by atoms with Gasteiger partial charge in [0.15, 0.2) is 0 Å². The molecular weight excluding hydrogens is 268 g/mol. The molecule has 0 aliphatic rings. The minimum absolute atomic E-state index is 0.758.